The van der Waals surface area contributed by atoms with Crippen LogP contribution >= 0.6 is 11.8 Å². The zero-order chi connectivity index (χ0) is 12.6. The SMILES string of the molecule is CSc1ccc(CCNCC2CCNCC2)cc1. The van der Waals surface area contributed by atoms with Crippen molar-refractivity contribution in [1.82, 2.24) is 10.6 Å². The third-order valence-corrected chi connectivity index (χ3v) is 4.38. The molecule has 1 heterocycles. The lowest BCUT2D eigenvalue weighted by Gasteiger charge is -2.22. The molecule has 1 aromatic rings. The van der Waals surface area contributed by atoms with E-state index in [1.54, 1.807) is 11.8 Å². The highest BCUT2D eigenvalue weighted by Crippen LogP contribution is 2.15. The van der Waals surface area contributed by atoms with Gasteiger partial charge in [0.15, 0.2) is 0 Å². The van der Waals surface area contributed by atoms with Crippen molar-refractivity contribution in [2.75, 3.05) is 32.4 Å². The number of benzene rings is 1. The quantitative estimate of drug-likeness (QED) is 0.610. The molecule has 2 rings (SSSR count). The van der Waals surface area contributed by atoms with Gasteiger partial charge in [-0.15, -0.1) is 11.8 Å². The summed E-state index contributed by atoms with van der Waals surface area (Å²) in [5, 5.41) is 7.01. The maximum Gasteiger partial charge on any atom is 0.00693 e. The maximum atomic E-state index is 3.60. The van der Waals surface area contributed by atoms with Crippen molar-refractivity contribution >= 4 is 11.8 Å². The molecule has 0 unspecified atom stereocenters. The Labute approximate surface area is 115 Å². The van der Waals surface area contributed by atoms with Crippen molar-refractivity contribution < 1.29 is 0 Å². The van der Waals surface area contributed by atoms with Gasteiger partial charge >= 0.3 is 0 Å². The van der Waals surface area contributed by atoms with Gasteiger partial charge in [-0.25, -0.2) is 0 Å². The first-order valence-electron chi connectivity index (χ1n) is 6.93. The molecule has 0 aromatic heterocycles. The predicted molar refractivity (Wildman–Crippen MR) is 80.4 cm³/mol. The topological polar surface area (TPSA) is 24.1 Å². The monoisotopic (exact) mass is 264 g/mol. The molecule has 0 saturated carbocycles. The fourth-order valence-electron chi connectivity index (χ4n) is 2.42. The Kier molecular flexibility index (Phi) is 6.05. The number of hydrogen-bond acceptors (Lipinski definition) is 3. The molecule has 1 aliphatic heterocycles. The van der Waals surface area contributed by atoms with E-state index in [2.05, 4.69) is 41.2 Å². The van der Waals surface area contributed by atoms with Crippen LogP contribution in [0.5, 0.6) is 0 Å². The predicted octanol–water partition coefficient (Wildman–Crippen LogP) is 2.54. The summed E-state index contributed by atoms with van der Waals surface area (Å²) in [6.45, 7) is 4.68. The van der Waals surface area contributed by atoms with Crippen LogP contribution in [0.15, 0.2) is 29.2 Å². The fraction of sp³-hybridized carbons (Fsp3) is 0.600. The molecule has 0 aliphatic carbocycles. The molecule has 1 aliphatic rings. The molecule has 100 valence electrons. The average molecular weight is 264 g/mol. The largest absolute Gasteiger partial charge is 0.317 e. The summed E-state index contributed by atoms with van der Waals surface area (Å²) in [6.07, 6.45) is 5.92. The van der Waals surface area contributed by atoms with E-state index in [0.29, 0.717) is 0 Å². The molecule has 18 heavy (non-hydrogen) atoms. The standard InChI is InChI=1S/C15H24N2S/c1-18-15-4-2-13(3-5-15)6-11-17-12-14-7-9-16-10-8-14/h2-5,14,16-17H,6-12H2,1H3. The van der Waals surface area contributed by atoms with Crippen molar-refractivity contribution in [3.63, 3.8) is 0 Å². The lowest BCUT2D eigenvalue weighted by molar-refractivity contribution is 0.358. The van der Waals surface area contributed by atoms with E-state index in [1.807, 2.05) is 0 Å². The minimum Gasteiger partial charge on any atom is -0.317 e. The summed E-state index contributed by atoms with van der Waals surface area (Å²) in [4.78, 5) is 1.35. The van der Waals surface area contributed by atoms with E-state index >= 15 is 0 Å². The van der Waals surface area contributed by atoms with Crippen LogP contribution in [0, 0.1) is 5.92 Å². The van der Waals surface area contributed by atoms with Crippen LogP contribution < -0.4 is 10.6 Å². The number of thioether (sulfide) groups is 1. The number of rotatable bonds is 6. The molecule has 0 atom stereocenters. The van der Waals surface area contributed by atoms with Gasteiger partial charge in [-0.2, -0.15) is 0 Å². The van der Waals surface area contributed by atoms with Crippen LogP contribution in [-0.2, 0) is 6.42 Å². The smallest absolute Gasteiger partial charge is 0.00693 e. The number of hydrogen-bond donors (Lipinski definition) is 2. The molecule has 0 amide bonds. The van der Waals surface area contributed by atoms with Crippen molar-refractivity contribution in [2.24, 2.45) is 5.92 Å². The van der Waals surface area contributed by atoms with Crippen LogP contribution in [0.1, 0.15) is 18.4 Å². The lowest BCUT2D eigenvalue weighted by atomic mass is 9.98. The number of piperidine rings is 1. The Bertz CT molecular complexity index is 331. The molecule has 3 heteroatoms. The molecule has 2 N–H and O–H groups in total. The van der Waals surface area contributed by atoms with Crippen LogP contribution in [0.3, 0.4) is 0 Å². The second kappa shape index (κ2) is 7.82. The highest BCUT2D eigenvalue weighted by Gasteiger charge is 2.11. The van der Waals surface area contributed by atoms with E-state index in [-0.39, 0.29) is 0 Å². The van der Waals surface area contributed by atoms with Crippen molar-refractivity contribution in [3.8, 4) is 0 Å². The van der Waals surface area contributed by atoms with Gasteiger partial charge in [0, 0.05) is 4.90 Å². The second-order valence-corrected chi connectivity index (χ2v) is 5.88. The highest BCUT2D eigenvalue weighted by molar-refractivity contribution is 7.98. The third-order valence-electron chi connectivity index (χ3n) is 3.64. The summed E-state index contributed by atoms with van der Waals surface area (Å²) in [5.74, 6) is 0.880. The molecule has 1 aromatic carbocycles. The van der Waals surface area contributed by atoms with E-state index in [0.717, 1.165) is 18.9 Å². The zero-order valence-corrected chi connectivity index (χ0v) is 12.1. The molecule has 0 spiro atoms. The first-order valence-corrected chi connectivity index (χ1v) is 8.15. The molecule has 2 nitrogen and oxygen atoms in total. The molecule has 1 fully saturated rings. The van der Waals surface area contributed by atoms with Gasteiger partial charge in [-0.05, 0) is 75.3 Å². The zero-order valence-electron chi connectivity index (χ0n) is 11.2. The third kappa shape index (κ3) is 4.63. The van der Waals surface area contributed by atoms with Gasteiger partial charge in [0.2, 0.25) is 0 Å². The van der Waals surface area contributed by atoms with Gasteiger partial charge < -0.3 is 10.6 Å². The van der Waals surface area contributed by atoms with Gasteiger partial charge in [0.25, 0.3) is 0 Å². The van der Waals surface area contributed by atoms with Gasteiger partial charge in [-0.3, -0.25) is 0 Å². The van der Waals surface area contributed by atoms with E-state index in [4.69, 9.17) is 0 Å². The van der Waals surface area contributed by atoms with Crippen molar-refractivity contribution in [2.45, 2.75) is 24.2 Å². The highest BCUT2D eigenvalue weighted by atomic mass is 32.2. The second-order valence-electron chi connectivity index (χ2n) is 5.00. The van der Waals surface area contributed by atoms with Crippen LogP contribution in [0.2, 0.25) is 0 Å². The fourth-order valence-corrected chi connectivity index (χ4v) is 2.83. The normalized spacial score (nSPS) is 16.9. The Hall–Kier alpha value is -0.510. The Morgan fingerprint density at radius 2 is 1.94 bits per heavy atom. The van der Waals surface area contributed by atoms with Crippen molar-refractivity contribution in [1.29, 1.82) is 0 Å². The van der Waals surface area contributed by atoms with E-state index in [1.165, 1.54) is 42.9 Å². The van der Waals surface area contributed by atoms with Gasteiger partial charge in [0.1, 0.15) is 0 Å². The first kappa shape index (κ1) is 13.9. The minimum atomic E-state index is 0.880. The average Bonchev–Trinajstić information content (AvgIpc) is 2.45. The molecule has 1 saturated heterocycles. The molecular formula is C15H24N2S. The summed E-state index contributed by atoms with van der Waals surface area (Å²) in [7, 11) is 0. The maximum absolute atomic E-state index is 3.60. The Balaban J connectivity index is 1.62. The van der Waals surface area contributed by atoms with E-state index in [9.17, 15) is 0 Å². The molecule has 0 radical (unpaired) electrons. The summed E-state index contributed by atoms with van der Waals surface area (Å²) in [5.41, 5.74) is 1.44. The number of nitrogens with one attached hydrogen (secondary N) is 2. The summed E-state index contributed by atoms with van der Waals surface area (Å²) < 4.78 is 0. The minimum absolute atomic E-state index is 0.880. The molecular weight excluding hydrogens is 240 g/mol. The Morgan fingerprint density at radius 3 is 2.61 bits per heavy atom. The Morgan fingerprint density at radius 1 is 1.22 bits per heavy atom. The lowest BCUT2D eigenvalue weighted by Crippen LogP contribution is -2.34. The van der Waals surface area contributed by atoms with Gasteiger partial charge in [-0.1, -0.05) is 12.1 Å². The first-order chi connectivity index (χ1) is 8.88. The summed E-state index contributed by atoms with van der Waals surface area (Å²) in [6, 6.07) is 8.93. The van der Waals surface area contributed by atoms with Crippen LogP contribution in [0.4, 0.5) is 0 Å². The van der Waals surface area contributed by atoms with Crippen molar-refractivity contribution in [3.05, 3.63) is 29.8 Å². The van der Waals surface area contributed by atoms with Crippen LogP contribution in [0.25, 0.3) is 0 Å². The van der Waals surface area contributed by atoms with Gasteiger partial charge in [0.05, 0.1) is 0 Å². The summed E-state index contributed by atoms with van der Waals surface area (Å²) >= 11 is 1.80. The van der Waals surface area contributed by atoms with E-state index < -0.39 is 0 Å². The molecule has 0 bridgehead atoms. The van der Waals surface area contributed by atoms with Crippen LogP contribution in [-0.4, -0.2) is 32.4 Å².